The van der Waals surface area contributed by atoms with Crippen molar-refractivity contribution < 1.29 is 13.6 Å². The zero-order valence-corrected chi connectivity index (χ0v) is 10.8. The lowest BCUT2D eigenvalue weighted by Crippen LogP contribution is -2.47. The van der Waals surface area contributed by atoms with Gasteiger partial charge in [-0.2, -0.15) is 4.39 Å². The van der Waals surface area contributed by atoms with E-state index in [1.54, 1.807) is 0 Å². The molecule has 1 saturated heterocycles. The normalized spacial score (nSPS) is 20.3. The minimum Gasteiger partial charge on any atom is -0.348 e. The number of likely N-dealkylation sites (N-methyl/N-ethyl adjacent to an activating group) is 1. The van der Waals surface area contributed by atoms with Gasteiger partial charge in [0, 0.05) is 18.8 Å². The van der Waals surface area contributed by atoms with Crippen LogP contribution < -0.4 is 5.32 Å². The number of hydrogen-bond donors (Lipinski definition) is 1. The molecule has 1 N–H and O–H groups in total. The lowest BCUT2D eigenvalue weighted by Gasteiger charge is -2.32. The summed E-state index contributed by atoms with van der Waals surface area (Å²) in [7, 11) is 0. The maximum absolute atomic E-state index is 13.4. The van der Waals surface area contributed by atoms with E-state index in [1.807, 2.05) is 0 Å². The average Bonchev–Trinajstić information content (AvgIpc) is 2.42. The molecule has 2 rings (SSSR count). The molecule has 104 valence electrons. The molecule has 0 radical (unpaired) electrons. The fraction of sp³-hybridized carbons (Fsp3) is 0.538. The van der Waals surface area contributed by atoms with E-state index in [2.05, 4.69) is 22.1 Å². The van der Waals surface area contributed by atoms with E-state index in [9.17, 15) is 13.6 Å². The maximum atomic E-state index is 13.4. The van der Waals surface area contributed by atoms with Gasteiger partial charge >= 0.3 is 0 Å². The number of likely N-dealkylation sites (tertiary alicyclic amines) is 1. The highest BCUT2D eigenvalue weighted by molar-refractivity contribution is 5.94. The van der Waals surface area contributed by atoms with Crippen LogP contribution in [0.3, 0.4) is 0 Å². The minimum absolute atomic E-state index is 0.0168. The van der Waals surface area contributed by atoms with Gasteiger partial charge in [0.25, 0.3) is 5.91 Å². The first kappa shape index (κ1) is 13.9. The third-order valence-electron chi connectivity index (χ3n) is 3.38. The Balaban J connectivity index is 2.02. The number of carbonyl (C=O) groups excluding carboxylic acids is 1. The molecule has 1 aliphatic rings. The van der Waals surface area contributed by atoms with Gasteiger partial charge in [-0.25, -0.2) is 9.37 Å². The van der Waals surface area contributed by atoms with Crippen LogP contribution in [0.2, 0.25) is 0 Å². The highest BCUT2D eigenvalue weighted by Gasteiger charge is 2.23. The van der Waals surface area contributed by atoms with Crippen LogP contribution in [0.5, 0.6) is 0 Å². The first-order valence-corrected chi connectivity index (χ1v) is 6.45. The summed E-state index contributed by atoms with van der Waals surface area (Å²) in [5.41, 5.74) is -0.291. The van der Waals surface area contributed by atoms with E-state index in [0.29, 0.717) is 0 Å². The zero-order chi connectivity index (χ0) is 13.8. The first-order chi connectivity index (χ1) is 9.11. The van der Waals surface area contributed by atoms with Crippen molar-refractivity contribution in [3.63, 3.8) is 0 Å². The topological polar surface area (TPSA) is 45.2 Å². The first-order valence-electron chi connectivity index (χ1n) is 6.45. The maximum Gasteiger partial charge on any atom is 0.254 e. The minimum atomic E-state index is -1.24. The summed E-state index contributed by atoms with van der Waals surface area (Å²) in [6.45, 7) is 4.74. The Bertz CT molecular complexity index is 467. The van der Waals surface area contributed by atoms with Gasteiger partial charge in [-0.15, -0.1) is 0 Å². The van der Waals surface area contributed by atoms with Gasteiger partial charge in [0.2, 0.25) is 5.95 Å². The third-order valence-corrected chi connectivity index (χ3v) is 3.38. The predicted octanol–water partition coefficient (Wildman–Crippen LogP) is 1.57. The summed E-state index contributed by atoms with van der Waals surface area (Å²) < 4.78 is 26.4. The van der Waals surface area contributed by atoms with Crippen molar-refractivity contribution in [3.05, 3.63) is 29.6 Å². The van der Waals surface area contributed by atoms with Crippen LogP contribution >= 0.6 is 0 Å². The molecule has 0 aromatic carbocycles. The molecule has 0 spiro atoms. The van der Waals surface area contributed by atoms with Crippen LogP contribution in [0.25, 0.3) is 0 Å². The number of hydrogen-bond acceptors (Lipinski definition) is 3. The van der Waals surface area contributed by atoms with Crippen molar-refractivity contribution in [2.45, 2.75) is 25.8 Å². The lowest BCUT2D eigenvalue weighted by molar-refractivity contribution is 0.0900. The number of aromatic nitrogens is 1. The zero-order valence-electron chi connectivity index (χ0n) is 10.8. The van der Waals surface area contributed by atoms with Crippen LogP contribution in [0.1, 0.15) is 30.1 Å². The highest BCUT2D eigenvalue weighted by Crippen LogP contribution is 2.12. The molecule has 2 heterocycles. The number of nitrogens with one attached hydrogen (secondary N) is 1. The molecule has 1 unspecified atom stereocenters. The van der Waals surface area contributed by atoms with Crippen LogP contribution in [-0.4, -0.2) is 41.5 Å². The summed E-state index contributed by atoms with van der Waals surface area (Å²) in [4.78, 5) is 17.3. The summed E-state index contributed by atoms with van der Waals surface area (Å²) in [6, 6.07) is 1.17. The van der Waals surface area contributed by atoms with Gasteiger partial charge in [-0.05, 0) is 32.0 Å². The molecule has 1 atom stereocenters. The smallest absolute Gasteiger partial charge is 0.254 e. The van der Waals surface area contributed by atoms with Crippen molar-refractivity contribution in [2.24, 2.45) is 0 Å². The average molecular weight is 269 g/mol. The van der Waals surface area contributed by atoms with Gasteiger partial charge in [0.1, 0.15) is 0 Å². The molecule has 1 aromatic heterocycles. The molecule has 1 fully saturated rings. The van der Waals surface area contributed by atoms with Crippen molar-refractivity contribution >= 4 is 5.91 Å². The highest BCUT2D eigenvalue weighted by atomic mass is 19.2. The van der Waals surface area contributed by atoms with Gasteiger partial charge in [0.15, 0.2) is 5.82 Å². The van der Waals surface area contributed by atoms with E-state index in [1.165, 1.54) is 6.07 Å². The summed E-state index contributed by atoms with van der Waals surface area (Å²) >= 11 is 0. The quantitative estimate of drug-likeness (QED) is 0.847. The van der Waals surface area contributed by atoms with Gasteiger partial charge in [-0.1, -0.05) is 6.92 Å². The Labute approximate surface area is 110 Å². The third kappa shape index (κ3) is 3.26. The number of halogens is 2. The van der Waals surface area contributed by atoms with E-state index >= 15 is 0 Å². The fourth-order valence-electron chi connectivity index (χ4n) is 2.32. The van der Waals surface area contributed by atoms with Crippen LogP contribution in [0.4, 0.5) is 8.78 Å². The second-order valence-corrected chi connectivity index (χ2v) is 4.67. The molecule has 0 aliphatic carbocycles. The predicted molar refractivity (Wildman–Crippen MR) is 66.8 cm³/mol. The lowest BCUT2D eigenvalue weighted by atomic mass is 10.1. The number of pyridine rings is 1. The van der Waals surface area contributed by atoms with Crippen LogP contribution in [-0.2, 0) is 0 Å². The van der Waals surface area contributed by atoms with E-state index in [-0.39, 0.29) is 11.6 Å². The summed E-state index contributed by atoms with van der Waals surface area (Å²) in [5, 5.41) is 2.75. The van der Waals surface area contributed by atoms with E-state index in [4.69, 9.17) is 0 Å². The van der Waals surface area contributed by atoms with Crippen molar-refractivity contribution in [1.29, 1.82) is 0 Å². The molecular weight excluding hydrogens is 252 g/mol. The van der Waals surface area contributed by atoms with Crippen molar-refractivity contribution in [3.8, 4) is 0 Å². The summed E-state index contributed by atoms with van der Waals surface area (Å²) in [5.74, 6) is -3.02. The Kier molecular flexibility index (Phi) is 4.42. The second kappa shape index (κ2) is 6.06. The number of carbonyl (C=O) groups is 1. The van der Waals surface area contributed by atoms with Gasteiger partial charge in [0.05, 0.1) is 5.56 Å². The molecule has 1 aliphatic heterocycles. The Hall–Kier alpha value is -1.56. The van der Waals surface area contributed by atoms with Crippen molar-refractivity contribution in [1.82, 2.24) is 15.2 Å². The Morgan fingerprint density at radius 2 is 2.37 bits per heavy atom. The van der Waals surface area contributed by atoms with Crippen LogP contribution in [0.15, 0.2) is 12.3 Å². The second-order valence-electron chi connectivity index (χ2n) is 4.67. The van der Waals surface area contributed by atoms with Crippen molar-refractivity contribution in [2.75, 3.05) is 19.6 Å². The molecule has 0 saturated carbocycles. The molecule has 19 heavy (non-hydrogen) atoms. The number of nitrogens with zero attached hydrogens (tertiary/aromatic N) is 2. The Morgan fingerprint density at radius 3 is 3.11 bits per heavy atom. The van der Waals surface area contributed by atoms with Crippen LogP contribution in [0, 0.1) is 11.8 Å². The van der Waals surface area contributed by atoms with Gasteiger partial charge in [-0.3, -0.25) is 4.79 Å². The van der Waals surface area contributed by atoms with Gasteiger partial charge < -0.3 is 10.2 Å². The van der Waals surface area contributed by atoms with E-state index in [0.717, 1.165) is 38.7 Å². The monoisotopic (exact) mass is 269 g/mol. The molecule has 1 aromatic rings. The largest absolute Gasteiger partial charge is 0.348 e. The van der Waals surface area contributed by atoms with E-state index < -0.39 is 17.7 Å². The Morgan fingerprint density at radius 1 is 1.58 bits per heavy atom. The molecule has 0 bridgehead atoms. The number of amides is 1. The standard InChI is InChI=1S/C13H17F2N3O/c1-2-18-7-3-4-9(8-18)17-13(19)10-5-6-16-12(15)11(10)14/h5-6,9H,2-4,7-8H2,1H3,(H,17,19). The molecule has 1 amide bonds. The number of rotatable bonds is 3. The number of piperidine rings is 1. The SMILES string of the molecule is CCN1CCCC(NC(=O)c2ccnc(F)c2F)C1. The molecule has 6 heteroatoms. The summed E-state index contributed by atoms with van der Waals surface area (Å²) in [6.07, 6.45) is 2.94. The fourth-order valence-corrected chi connectivity index (χ4v) is 2.32. The molecular formula is C13H17F2N3O. The molecule has 4 nitrogen and oxygen atoms in total.